The van der Waals surface area contributed by atoms with Gasteiger partial charge in [-0.1, -0.05) is 77.2 Å². The van der Waals surface area contributed by atoms with Crippen LogP contribution in [0.15, 0.2) is 58.9 Å². The Kier molecular flexibility index (Phi) is 8.00. The maximum Gasteiger partial charge on any atom is 0.206 e. The number of nitrogens with one attached hydrogen (secondary N) is 1. The number of halogens is 1. The third-order valence-electron chi connectivity index (χ3n) is 4.93. The predicted molar refractivity (Wildman–Crippen MR) is 126 cm³/mol. The molecule has 0 bridgehead atoms. The summed E-state index contributed by atoms with van der Waals surface area (Å²) < 4.78 is 6.35. The van der Waals surface area contributed by atoms with Crippen molar-refractivity contribution in [2.45, 2.75) is 16.0 Å². The summed E-state index contributed by atoms with van der Waals surface area (Å²) in [5.41, 5.74) is 2.44. The highest BCUT2D eigenvalue weighted by Gasteiger charge is 2.18. The number of aromatic nitrogens is 2. The molecule has 0 unspecified atom stereocenters. The number of morpholine rings is 1. The van der Waals surface area contributed by atoms with Crippen LogP contribution in [0.25, 0.3) is 0 Å². The predicted octanol–water partition coefficient (Wildman–Crippen LogP) is 5.21. The van der Waals surface area contributed by atoms with Crippen molar-refractivity contribution < 1.29 is 4.74 Å². The number of thioether (sulfide) groups is 1. The van der Waals surface area contributed by atoms with Gasteiger partial charge in [0.15, 0.2) is 4.34 Å². The van der Waals surface area contributed by atoms with E-state index in [2.05, 4.69) is 56.8 Å². The van der Waals surface area contributed by atoms with Crippen LogP contribution >= 0.6 is 34.7 Å². The topological polar surface area (TPSA) is 50.3 Å². The molecule has 158 valence electrons. The highest BCUT2D eigenvalue weighted by Crippen LogP contribution is 2.42. The van der Waals surface area contributed by atoms with Gasteiger partial charge in [0.1, 0.15) is 0 Å². The fourth-order valence-electron chi connectivity index (χ4n) is 3.35. The third-order valence-corrected chi connectivity index (χ3v) is 7.46. The van der Waals surface area contributed by atoms with E-state index in [0.29, 0.717) is 0 Å². The number of hydrogen-bond donors (Lipinski definition) is 1. The van der Waals surface area contributed by atoms with E-state index in [-0.39, 0.29) is 5.25 Å². The van der Waals surface area contributed by atoms with Gasteiger partial charge in [-0.05, 0) is 36.2 Å². The summed E-state index contributed by atoms with van der Waals surface area (Å²) >= 11 is 9.42. The summed E-state index contributed by atoms with van der Waals surface area (Å²) in [5, 5.41) is 13.9. The first-order valence-corrected chi connectivity index (χ1v) is 12.2. The molecule has 3 aromatic rings. The first-order valence-electron chi connectivity index (χ1n) is 10.1. The van der Waals surface area contributed by atoms with Crippen molar-refractivity contribution in [3.8, 4) is 0 Å². The zero-order valence-electron chi connectivity index (χ0n) is 16.7. The average molecular weight is 461 g/mol. The molecule has 2 aromatic carbocycles. The average Bonchev–Trinajstić information content (AvgIpc) is 3.25. The van der Waals surface area contributed by atoms with E-state index in [9.17, 15) is 0 Å². The Morgan fingerprint density at radius 2 is 1.77 bits per heavy atom. The standard InChI is InChI=1S/C22H25ClN4OS2/c23-19-9-7-18(8-10-19)20(17-5-2-1-3-6-17)29-22-26-25-21(30-22)24-11-4-12-27-13-15-28-16-14-27/h1-3,5-10,20H,4,11-16H2,(H,24,25)/t20-/m1/s1. The van der Waals surface area contributed by atoms with Crippen molar-refractivity contribution in [1.82, 2.24) is 15.1 Å². The molecular weight excluding hydrogens is 436 g/mol. The summed E-state index contributed by atoms with van der Waals surface area (Å²) in [6, 6.07) is 18.5. The minimum absolute atomic E-state index is 0.144. The molecule has 0 saturated carbocycles. The van der Waals surface area contributed by atoms with Crippen LogP contribution in [0.4, 0.5) is 5.13 Å². The Labute approximate surface area is 190 Å². The van der Waals surface area contributed by atoms with Crippen molar-refractivity contribution in [2.75, 3.05) is 44.7 Å². The van der Waals surface area contributed by atoms with E-state index in [1.54, 1.807) is 23.1 Å². The monoisotopic (exact) mass is 460 g/mol. The van der Waals surface area contributed by atoms with E-state index < -0.39 is 0 Å². The maximum absolute atomic E-state index is 6.09. The van der Waals surface area contributed by atoms with E-state index in [4.69, 9.17) is 16.3 Å². The number of rotatable bonds is 9. The summed E-state index contributed by atoms with van der Waals surface area (Å²) in [6.07, 6.45) is 1.08. The molecule has 0 radical (unpaired) electrons. The molecule has 1 saturated heterocycles. The molecule has 8 heteroatoms. The Morgan fingerprint density at radius 1 is 1.03 bits per heavy atom. The van der Waals surface area contributed by atoms with Gasteiger partial charge in [-0.25, -0.2) is 0 Å². The molecule has 1 aliphatic rings. The molecule has 1 fully saturated rings. The molecule has 2 heterocycles. The van der Waals surface area contributed by atoms with E-state index >= 15 is 0 Å². The molecule has 4 rings (SSSR count). The first-order chi connectivity index (χ1) is 14.8. The SMILES string of the molecule is Clc1ccc([C@H](Sc2nnc(NCCCN3CCOCC3)s2)c2ccccc2)cc1. The summed E-state index contributed by atoms with van der Waals surface area (Å²) in [6.45, 7) is 5.75. The first kappa shape index (κ1) is 21.6. The molecule has 0 aliphatic carbocycles. The van der Waals surface area contributed by atoms with Crippen LogP contribution in [0.2, 0.25) is 5.02 Å². The van der Waals surface area contributed by atoms with E-state index in [1.807, 2.05) is 18.2 Å². The van der Waals surface area contributed by atoms with Crippen molar-refractivity contribution in [3.63, 3.8) is 0 Å². The Morgan fingerprint density at radius 3 is 2.53 bits per heavy atom. The van der Waals surface area contributed by atoms with Crippen LogP contribution < -0.4 is 5.32 Å². The van der Waals surface area contributed by atoms with Gasteiger partial charge in [-0.3, -0.25) is 4.90 Å². The van der Waals surface area contributed by atoms with Crippen molar-refractivity contribution in [2.24, 2.45) is 0 Å². The molecule has 0 amide bonds. The van der Waals surface area contributed by atoms with Gasteiger partial charge >= 0.3 is 0 Å². The minimum Gasteiger partial charge on any atom is -0.379 e. The van der Waals surface area contributed by atoms with Crippen molar-refractivity contribution >= 4 is 39.8 Å². The van der Waals surface area contributed by atoms with E-state index in [0.717, 1.165) is 60.3 Å². The van der Waals surface area contributed by atoms with E-state index in [1.165, 1.54) is 11.1 Å². The van der Waals surface area contributed by atoms with Gasteiger partial charge in [-0.2, -0.15) is 0 Å². The number of benzene rings is 2. The summed E-state index contributed by atoms with van der Waals surface area (Å²) in [7, 11) is 0. The highest BCUT2D eigenvalue weighted by atomic mass is 35.5. The normalized spacial score (nSPS) is 15.8. The van der Waals surface area contributed by atoms with Gasteiger partial charge in [-0.15, -0.1) is 10.2 Å². The van der Waals surface area contributed by atoms with Gasteiger partial charge in [0.25, 0.3) is 0 Å². The van der Waals surface area contributed by atoms with Gasteiger partial charge < -0.3 is 10.1 Å². The molecular formula is C22H25ClN4OS2. The second kappa shape index (κ2) is 11.1. The lowest BCUT2D eigenvalue weighted by Crippen LogP contribution is -2.37. The van der Waals surface area contributed by atoms with Crippen LogP contribution in [0, 0.1) is 0 Å². The number of nitrogens with zero attached hydrogens (tertiary/aromatic N) is 3. The number of hydrogen-bond acceptors (Lipinski definition) is 7. The molecule has 1 aliphatic heterocycles. The maximum atomic E-state index is 6.09. The van der Waals surface area contributed by atoms with Crippen LogP contribution in [0.5, 0.6) is 0 Å². The van der Waals surface area contributed by atoms with Gasteiger partial charge in [0, 0.05) is 24.7 Å². The van der Waals surface area contributed by atoms with Crippen LogP contribution in [0.3, 0.4) is 0 Å². The molecule has 0 spiro atoms. The Hall–Kier alpha value is -1.64. The van der Waals surface area contributed by atoms with Crippen molar-refractivity contribution in [1.29, 1.82) is 0 Å². The lowest BCUT2D eigenvalue weighted by molar-refractivity contribution is 0.0378. The quantitative estimate of drug-likeness (QED) is 0.349. The fourth-order valence-corrected chi connectivity index (χ4v) is 5.57. The third kappa shape index (κ3) is 6.18. The fraction of sp³-hybridized carbons (Fsp3) is 0.364. The zero-order chi connectivity index (χ0) is 20.6. The number of anilines is 1. The van der Waals surface area contributed by atoms with Crippen LogP contribution in [-0.2, 0) is 4.74 Å². The molecule has 5 nitrogen and oxygen atoms in total. The molecule has 30 heavy (non-hydrogen) atoms. The highest BCUT2D eigenvalue weighted by molar-refractivity contribution is 8.01. The minimum atomic E-state index is 0.144. The van der Waals surface area contributed by atoms with Gasteiger partial charge in [0.2, 0.25) is 5.13 Å². The second-order valence-corrected chi connectivity index (χ2v) is 9.83. The Bertz CT molecular complexity index is 901. The van der Waals surface area contributed by atoms with Gasteiger partial charge in [0.05, 0.1) is 18.5 Å². The molecule has 1 N–H and O–H groups in total. The van der Waals surface area contributed by atoms with Crippen molar-refractivity contribution in [3.05, 3.63) is 70.7 Å². The second-order valence-electron chi connectivity index (χ2n) is 7.07. The Balaban J connectivity index is 1.35. The lowest BCUT2D eigenvalue weighted by atomic mass is 10.0. The summed E-state index contributed by atoms with van der Waals surface area (Å²) in [5.74, 6) is 0. The number of ether oxygens (including phenoxy) is 1. The van der Waals surface area contributed by atoms with Crippen LogP contribution in [-0.4, -0.2) is 54.5 Å². The lowest BCUT2D eigenvalue weighted by Gasteiger charge is -2.26. The zero-order valence-corrected chi connectivity index (χ0v) is 19.1. The smallest absolute Gasteiger partial charge is 0.206 e. The largest absolute Gasteiger partial charge is 0.379 e. The molecule has 1 aromatic heterocycles. The molecule has 1 atom stereocenters. The van der Waals surface area contributed by atoms with Crippen LogP contribution in [0.1, 0.15) is 22.8 Å². The summed E-state index contributed by atoms with van der Waals surface area (Å²) in [4.78, 5) is 2.45.